The Labute approximate surface area is 195 Å². The zero-order valence-electron chi connectivity index (χ0n) is 18.4. The number of amides is 1. The molecule has 0 unspecified atom stereocenters. The number of anilines is 1. The number of alkyl halides is 2. The summed E-state index contributed by atoms with van der Waals surface area (Å²) in [6.45, 7) is 0.0982. The van der Waals surface area contributed by atoms with Gasteiger partial charge in [-0.2, -0.15) is 13.1 Å². The van der Waals surface area contributed by atoms with E-state index in [1.165, 1.54) is 52.8 Å². The molecule has 2 aromatic carbocycles. The lowest BCUT2D eigenvalue weighted by Gasteiger charge is -2.34. The molecule has 0 aromatic heterocycles. The minimum absolute atomic E-state index is 0.0223. The average molecular weight is 499 g/mol. The number of esters is 1. The van der Waals surface area contributed by atoms with Gasteiger partial charge in [-0.15, -0.1) is 0 Å². The first kappa shape index (κ1) is 25.5. The van der Waals surface area contributed by atoms with Crippen LogP contribution in [0.15, 0.2) is 53.4 Å². The second kappa shape index (κ2) is 10.9. The van der Waals surface area contributed by atoms with Crippen LogP contribution in [0.1, 0.15) is 24.2 Å². The molecule has 0 bridgehead atoms. The second-order valence-corrected chi connectivity index (χ2v) is 9.54. The molecule has 1 saturated heterocycles. The number of halogens is 2. The fraction of sp³-hybridized carbons (Fsp3) is 0.364. The number of sulfonamides is 1. The summed E-state index contributed by atoms with van der Waals surface area (Å²) in [7, 11) is -3.88. The van der Waals surface area contributed by atoms with Crippen LogP contribution in [0, 0.1) is 0 Å². The first-order valence-corrected chi connectivity index (χ1v) is 11.8. The van der Waals surface area contributed by atoms with E-state index < -0.39 is 35.1 Å². The molecule has 1 heterocycles. The first-order valence-electron chi connectivity index (χ1n) is 10.3. The molecule has 1 fully saturated rings. The van der Waals surface area contributed by atoms with E-state index in [0.29, 0.717) is 0 Å². The lowest BCUT2D eigenvalue weighted by Crippen LogP contribution is -2.48. The third kappa shape index (κ3) is 6.49. The smallest absolute Gasteiger partial charge is 0.387 e. The van der Waals surface area contributed by atoms with Crippen LogP contribution >= 0.6 is 0 Å². The van der Waals surface area contributed by atoms with Crippen LogP contribution in [0.25, 0.3) is 0 Å². The molecule has 3 rings (SSSR count). The van der Waals surface area contributed by atoms with Crippen LogP contribution in [0.3, 0.4) is 0 Å². The summed E-state index contributed by atoms with van der Waals surface area (Å²) in [5.74, 6) is -1.96. The van der Waals surface area contributed by atoms with Crippen LogP contribution < -0.4 is 10.1 Å². The molecule has 2 aromatic rings. The third-order valence-corrected chi connectivity index (χ3v) is 6.63. The number of nitrogens with zero attached hydrogens (tertiary/aromatic N) is 1. The number of hydrogen-bond acceptors (Lipinski definition) is 7. The number of morpholine rings is 1. The van der Waals surface area contributed by atoms with Crippen LogP contribution in [0.4, 0.5) is 14.5 Å². The van der Waals surface area contributed by atoms with E-state index in [1.807, 2.05) is 0 Å². The van der Waals surface area contributed by atoms with Gasteiger partial charge in [0.05, 0.1) is 28.4 Å². The zero-order valence-corrected chi connectivity index (χ0v) is 19.3. The highest BCUT2D eigenvalue weighted by Crippen LogP contribution is 2.25. The van der Waals surface area contributed by atoms with Crippen LogP contribution in [0.2, 0.25) is 0 Å². The molecule has 1 aliphatic rings. The van der Waals surface area contributed by atoms with E-state index in [2.05, 4.69) is 10.1 Å². The predicted molar refractivity (Wildman–Crippen MR) is 117 cm³/mol. The van der Waals surface area contributed by atoms with Crippen molar-refractivity contribution < 1.29 is 41.0 Å². The van der Waals surface area contributed by atoms with E-state index in [0.717, 1.165) is 0 Å². The molecule has 1 N–H and O–H groups in total. The molecular formula is C22H24F2N2O7S. The second-order valence-electron chi connectivity index (χ2n) is 7.61. The number of nitrogens with one attached hydrogen (secondary N) is 1. The zero-order chi connectivity index (χ0) is 24.9. The van der Waals surface area contributed by atoms with Crippen molar-refractivity contribution in [2.45, 2.75) is 37.6 Å². The molecule has 1 amide bonds. The quantitative estimate of drug-likeness (QED) is 0.557. The monoisotopic (exact) mass is 498 g/mol. The summed E-state index contributed by atoms with van der Waals surface area (Å²) >= 11 is 0. The van der Waals surface area contributed by atoms with Crippen LogP contribution in [-0.4, -0.2) is 63.1 Å². The Morgan fingerprint density at radius 3 is 2.47 bits per heavy atom. The Morgan fingerprint density at radius 2 is 1.79 bits per heavy atom. The van der Waals surface area contributed by atoms with Crippen molar-refractivity contribution in [3.63, 3.8) is 0 Å². The highest BCUT2D eigenvalue weighted by atomic mass is 32.2. The summed E-state index contributed by atoms with van der Waals surface area (Å²) < 4.78 is 67.2. The van der Waals surface area contributed by atoms with E-state index >= 15 is 0 Å². The molecule has 12 heteroatoms. The number of carbonyl (C=O) groups is 2. The fourth-order valence-electron chi connectivity index (χ4n) is 3.43. The Morgan fingerprint density at radius 1 is 1.12 bits per heavy atom. The standard InChI is InChI=1S/C22H24F2N2O7S/c1-14-11-26(12-15(2)32-14)34(29,30)17-7-5-6-16(10-17)21(28)31-13-20(27)25-18-8-3-4-9-19(18)33-22(23)24/h3-10,14-15,22H,11-13H2,1-2H3,(H,25,27)/t14-,15+. The maximum absolute atomic E-state index is 13.0. The third-order valence-electron chi connectivity index (χ3n) is 4.81. The van der Waals surface area contributed by atoms with Gasteiger partial charge in [0.15, 0.2) is 6.61 Å². The van der Waals surface area contributed by atoms with Crippen molar-refractivity contribution in [1.82, 2.24) is 4.31 Å². The van der Waals surface area contributed by atoms with Gasteiger partial charge in [-0.1, -0.05) is 18.2 Å². The molecule has 34 heavy (non-hydrogen) atoms. The predicted octanol–water partition coefficient (Wildman–Crippen LogP) is 2.88. The molecule has 2 atom stereocenters. The number of rotatable bonds is 8. The molecule has 1 aliphatic heterocycles. The summed E-state index contributed by atoms with van der Waals surface area (Å²) in [6, 6.07) is 10.8. The van der Waals surface area contributed by atoms with Crippen LogP contribution in [-0.2, 0) is 24.3 Å². The Bertz CT molecular complexity index is 1130. The van der Waals surface area contributed by atoms with Gasteiger partial charge in [0.25, 0.3) is 5.91 Å². The van der Waals surface area contributed by atoms with E-state index in [4.69, 9.17) is 9.47 Å². The Hall–Kier alpha value is -3.09. The summed E-state index contributed by atoms with van der Waals surface area (Å²) in [5.41, 5.74) is -0.0874. The van der Waals surface area contributed by atoms with Gasteiger partial charge in [-0.3, -0.25) is 4.79 Å². The molecule has 184 valence electrons. The number of benzene rings is 2. The van der Waals surface area contributed by atoms with E-state index in [1.54, 1.807) is 13.8 Å². The summed E-state index contributed by atoms with van der Waals surface area (Å²) in [6.07, 6.45) is -0.553. The van der Waals surface area contributed by atoms with E-state index in [9.17, 15) is 26.8 Å². The highest BCUT2D eigenvalue weighted by Gasteiger charge is 2.32. The Balaban J connectivity index is 1.64. The molecular weight excluding hydrogens is 474 g/mol. The van der Waals surface area contributed by atoms with Gasteiger partial charge in [0, 0.05) is 13.1 Å². The van der Waals surface area contributed by atoms with E-state index in [-0.39, 0.29) is 47.2 Å². The SMILES string of the molecule is C[C@@H]1CN(S(=O)(=O)c2cccc(C(=O)OCC(=O)Nc3ccccc3OC(F)F)c2)C[C@H](C)O1. The normalized spacial score (nSPS) is 19.0. The Kier molecular flexibility index (Phi) is 8.18. The molecule has 9 nitrogen and oxygen atoms in total. The van der Waals surface area contributed by atoms with Crippen molar-refractivity contribution in [3.05, 3.63) is 54.1 Å². The van der Waals surface area contributed by atoms with Gasteiger partial charge < -0.3 is 19.5 Å². The van der Waals surface area contributed by atoms with Gasteiger partial charge in [0.1, 0.15) is 5.75 Å². The summed E-state index contributed by atoms with van der Waals surface area (Å²) in [5, 5.41) is 2.32. The van der Waals surface area contributed by atoms with Crippen molar-refractivity contribution in [2.24, 2.45) is 0 Å². The van der Waals surface area contributed by atoms with Crippen molar-refractivity contribution >= 4 is 27.6 Å². The van der Waals surface area contributed by atoms with Crippen molar-refractivity contribution in [2.75, 3.05) is 25.0 Å². The molecule has 0 aliphatic carbocycles. The average Bonchev–Trinajstić information content (AvgIpc) is 2.78. The molecule has 0 radical (unpaired) electrons. The van der Waals surface area contributed by atoms with Crippen molar-refractivity contribution in [1.29, 1.82) is 0 Å². The maximum atomic E-state index is 13.0. The molecule has 0 spiro atoms. The number of ether oxygens (including phenoxy) is 3. The van der Waals surface area contributed by atoms with Crippen LogP contribution in [0.5, 0.6) is 5.75 Å². The van der Waals surface area contributed by atoms with Gasteiger partial charge in [0.2, 0.25) is 10.0 Å². The van der Waals surface area contributed by atoms with Gasteiger partial charge in [-0.05, 0) is 44.2 Å². The number of para-hydroxylation sites is 2. The molecule has 0 saturated carbocycles. The number of hydrogen-bond donors (Lipinski definition) is 1. The minimum Gasteiger partial charge on any atom is -0.452 e. The van der Waals surface area contributed by atoms with Gasteiger partial charge in [-0.25, -0.2) is 13.2 Å². The lowest BCUT2D eigenvalue weighted by atomic mass is 10.2. The largest absolute Gasteiger partial charge is 0.452 e. The minimum atomic E-state index is -3.88. The number of carbonyl (C=O) groups excluding carboxylic acids is 2. The summed E-state index contributed by atoms with van der Waals surface area (Å²) in [4.78, 5) is 24.5. The lowest BCUT2D eigenvalue weighted by molar-refractivity contribution is -0.119. The highest BCUT2D eigenvalue weighted by molar-refractivity contribution is 7.89. The van der Waals surface area contributed by atoms with Gasteiger partial charge >= 0.3 is 12.6 Å². The fourth-order valence-corrected chi connectivity index (χ4v) is 5.07. The van der Waals surface area contributed by atoms with Crippen molar-refractivity contribution in [3.8, 4) is 5.75 Å². The topological polar surface area (TPSA) is 111 Å². The first-order chi connectivity index (χ1) is 16.1. The maximum Gasteiger partial charge on any atom is 0.387 e.